The van der Waals surface area contributed by atoms with Crippen molar-refractivity contribution in [2.45, 2.75) is 26.2 Å². The van der Waals surface area contributed by atoms with Gasteiger partial charge in [-0.05, 0) is 55.5 Å². The van der Waals surface area contributed by atoms with Crippen molar-refractivity contribution in [2.24, 2.45) is 0 Å². The second-order valence-electron chi connectivity index (χ2n) is 4.95. The maximum absolute atomic E-state index is 11.7. The Kier molecular flexibility index (Phi) is 2.85. The largest absolute Gasteiger partial charge is 0.497 e. The van der Waals surface area contributed by atoms with Crippen LogP contribution in [-0.4, -0.2) is 17.3 Å². The van der Waals surface area contributed by atoms with Gasteiger partial charge in [0.25, 0.3) is 5.56 Å². The van der Waals surface area contributed by atoms with Crippen LogP contribution in [0.1, 0.15) is 23.1 Å². The Morgan fingerprint density at radius 3 is 2.79 bits per heavy atom. The molecule has 0 saturated heterocycles. The fourth-order valence-corrected chi connectivity index (χ4v) is 2.74. The first-order chi connectivity index (χ1) is 9.19. The van der Waals surface area contributed by atoms with Crippen LogP contribution in [0.15, 0.2) is 23.0 Å². The van der Waals surface area contributed by atoms with E-state index in [4.69, 9.17) is 4.74 Å². The van der Waals surface area contributed by atoms with Gasteiger partial charge in [0.15, 0.2) is 0 Å². The van der Waals surface area contributed by atoms with Crippen LogP contribution >= 0.6 is 0 Å². The molecule has 0 radical (unpaired) electrons. The van der Waals surface area contributed by atoms with Gasteiger partial charge < -0.3 is 4.74 Å². The fraction of sp³-hybridized carbons (Fsp3) is 0.333. The van der Waals surface area contributed by atoms with Crippen molar-refractivity contribution >= 4 is 0 Å². The third-order valence-corrected chi connectivity index (χ3v) is 3.61. The van der Waals surface area contributed by atoms with E-state index in [0.717, 1.165) is 53.0 Å². The number of methoxy groups -OCH3 is 1. The molecule has 4 heteroatoms. The lowest BCUT2D eigenvalue weighted by molar-refractivity contribution is 0.414. The molecular formula is C15H16N2O2. The van der Waals surface area contributed by atoms with Crippen molar-refractivity contribution in [3.63, 3.8) is 0 Å². The predicted molar refractivity (Wildman–Crippen MR) is 73.6 cm³/mol. The Morgan fingerprint density at radius 1 is 1.21 bits per heavy atom. The van der Waals surface area contributed by atoms with Gasteiger partial charge in [0.1, 0.15) is 5.75 Å². The van der Waals surface area contributed by atoms with Gasteiger partial charge in [-0.2, -0.15) is 5.10 Å². The molecule has 0 atom stereocenters. The standard InChI is InChI=1S/C15H16N2O2/c1-9-6-10(8-11(7-9)19-2)14-12-4-3-5-13(12)15(18)17-16-14/h6-8H,3-5H2,1-2H3,(H,17,18). The number of rotatable bonds is 2. The van der Waals surface area contributed by atoms with Crippen molar-refractivity contribution in [2.75, 3.05) is 7.11 Å². The molecular weight excluding hydrogens is 240 g/mol. The SMILES string of the molecule is COc1cc(C)cc(-c2n[nH]c(=O)c3c2CCC3)c1. The van der Waals surface area contributed by atoms with Crippen molar-refractivity contribution in [3.8, 4) is 17.0 Å². The topological polar surface area (TPSA) is 55.0 Å². The highest BCUT2D eigenvalue weighted by molar-refractivity contribution is 5.67. The van der Waals surface area contributed by atoms with Crippen LogP contribution in [0.3, 0.4) is 0 Å². The molecule has 1 aliphatic carbocycles. The van der Waals surface area contributed by atoms with E-state index in [9.17, 15) is 4.79 Å². The summed E-state index contributed by atoms with van der Waals surface area (Å²) in [6.07, 6.45) is 2.81. The van der Waals surface area contributed by atoms with E-state index in [1.165, 1.54) is 0 Å². The number of aryl methyl sites for hydroxylation is 1. The van der Waals surface area contributed by atoms with Crippen LogP contribution in [-0.2, 0) is 12.8 Å². The lowest BCUT2D eigenvalue weighted by Crippen LogP contribution is -2.15. The van der Waals surface area contributed by atoms with Gasteiger partial charge in [0, 0.05) is 11.1 Å². The zero-order valence-electron chi connectivity index (χ0n) is 11.1. The Morgan fingerprint density at radius 2 is 2.00 bits per heavy atom. The number of H-pyrrole nitrogens is 1. The summed E-state index contributed by atoms with van der Waals surface area (Å²) >= 11 is 0. The molecule has 3 rings (SSSR count). The molecule has 0 aliphatic heterocycles. The molecule has 2 aromatic rings. The summed E-state index contributed by atoms with van der Waals surface area (Å²) in [6.45, 7) is 2.03. The molecule has 1 aromatic carbocycles. The first-order valence-corrected chi connectivity index (χ1v) is 6.45. The summed E-state index contributed by atoms with van der Waals surface area (Å²) in [5.41, 5.74) is 4.95. The minimum absolute atomic E-state index is 0.0455. The molecule has 1 heterocycles. The molecule has 0 saturated carbocycles. The van der Waals surface area contributed by atoms with E-state index in [2.05, 4.69) is 16.3 Å². The van der Waals surface area contributed by atoms with E-state index in [0.29, 0.717) is 0 Å². The van der Waals surface area contributed by atoms with Gasteiger partial charge in [-0.3, -0.25) is 4.79 Å². The highest BCUT2D eigenvalue weighted by Gasteiger charge is 2.20. The number of aromatic nitrogens is 2. The third kappa shape index (κ3) is 2.03. The van der Waals surface area contributed by atoms with Crippen molar-refractivity contribution in [3.05, 3.63) is 45.2 Å². The number of nitrogens with zero attached hydrogens (tertiary/aromatic N) is 1. The summed E-state index contributed by atoms with van der Waals surface area (Å²) in [5, 5.41) is 6.85. The average molecular weight is 256 g/mol. The van der Waals surface area contributed by atoms with Crippen molar-refractivity contribution < 1.29 is 4.74 Å². The smallest absolute Gasteiger partial charge is 0.267 e. The zero-order chi connectivity index (χ0) is 13.4. The minimum Gasteiger partial charge on any atom is -0.497 e. The third-order valence-electron chi connectivity index (χ3n) is 3.61. The number of fused-ring (bicyclic) bond motifs is 1. The highest BCUT2D eigenvalue weighted by atomic mass is 16.5. The van der Waals surface area contributed by atoms with Crippen LogP contribution in [0, 0.1) is 6.92 Å². The summed E-state index contributed by atoms with van der Waals surface area (Å²) in [4.78, 5) is 11.7. The molecule has 0 unspecified atom stereocenters. The first-order valence-electron chi connectivity index (χ1n) is 6.45. The molecule has 0 fully saturated rings. The highest BCUT2D eigenvalue weighted by Crippen LogP contribution is 2.30. The lowest BCUT2D eigenvalue weighted by Gasteiger charge is -2.09. The quantitative estimate of drug-likeness (QED) is 0.896. The van der Waals surface area contributed by atoms with Crippen LogP contribution in [0.2, 0.25) is 0 Å². The Bertz CT molecular complexity index is 689. The maximum atomic E-state index is 11.7. The average Bonchev–Trinajstić information content (AvgIpc) is 2.88. The zero-order valence-corrected chi connectivity index (χ0v) is 11.1. The summed E-state index contributed by atoms with van der Waals surface area (Å²) in [7, 11) is 1.66. The van der Waals surface area contributed by atoms with Crippen LogP contribution in [0.4, 0.5) is 0 Å². The van der Waals surface area contributed by atoms with E-state index in [1.54, 1.807) is 7.11 Å². The van der Waals surface area contributed by atoms with E-state index < -0.39 is 0 Å². The van der Waals surface area contributed by atoms with Gasteiger partial charge in [0.05, 0.1) is 12.8 Å². The Balaban J connectivity index is 2.20. The molecule has 0 bridgehead atoms. The molecule has 4 nitrogen and oxygen atoms in total. The number of benzene rings is 1. The van der Waals surface area contributed by atoms with Gasteiger partial charge in [-0.25, -0.2) is 5.10 Å². The van der Waals surface area contributed by atoms with E-state index in [1.807, 2.05) is 19.1 Å². The molecule has 1 N–H and O–H groups in total. The molecule has 0 amide bonds. The monoisotopic (exact) mass is 256 g/mol. The van der Waals surface area contributed by atoms with Crippen molar-refractivity contribution in [1.82, 2.24) is 10.2 Å². The molecule has 0 spiro atoms. The van der Waals surface area contributed by atoms with E-state index >= 15 is 0 Å². The number of aromatic amines is 1. The Labute approximate surface area is 111 Å². The number of hydrogen-bond acceptors (Lipinski definition) is 3. The molecule has 98 valence electrons. The summed E-state index contributed by atoms with van der Waals surface area (Å²) < 4.78 is 5.30. The van der Waals surface area contributed by atoms with Crippen molar-refractivity contribution in [1.29, 1.82) is 0 Å². The van der Waals surface area contributed by atoms with Gasteiger partial charge in [0.2, 0.25) is 0 Å². The van der Waals surface area contributed by atoms with Crippen LogP contribution in [0.25, 0.3) is 11.3 Å². The molecule has 1 aromatic heterocycles. The minimum atomic E-state index is -0.0455. The second kappa shape index (κ2) is 4.53. The van der Waals surface area contributed by atoms with Gasteiger partial charge in [-0.15, -0.1) is 0 Å². The van der Waals surface area contributed by atoms with Crippen LogP contribution in [0.5, 0.6) is 5.75 Å². The van der Waals surface area contributed by atoms with E-state index in [-0.39, 0.29) is 5.56 Å². The normalized spacial score (nSPS) is 13.4. The number of nitrogens with one attached hydrogen (secondary N) is 1. The summed E-state index contributed by atoms with van der Waals surface area (Å²) in [5.74, 6) is 0.815. The predicted octanol–water partition coefficient (Wildman–Crippen LogP) is 2.24. The first kappa shape index (κ1) is 12.0. The second-order valence-corrected chi connectivity index (χ2v) is 4.95. The molecule has 1 aliphatic rings. The fourth-order valence-electron chi connectivity index (χ4n) is 2.74. The summed E-state index contributed by atoms with van der Waals surface area (Å²) in [6, 6.07) is 6.02. The molecule has 19 heavy (non-hydrogen) atoms. The Hall–Kier alpha value is -2.10. The maximum Gasteiger partial charge on any atom is 0.267 e. The number of ether oxygens (including phenoxy) is 1. The van der Waals surface area contributed by atoms with Crippen LogP contribution < -0.4 is 10.3 Å². The lowest BCUT2D eigenvalue weighted by atomic mass is 10.0. The van der Waals surface area contributed by atoms with Gasteiger partial charge >= 0.3 is 0 Å². The number of hydrogen-bond donors (Lipinski definition) is 1. The van der Waals surface area contributed by atoms with Gasteiger partial charge in [-0.1, -0.05) is 0 Å².